The van der Waals surface area contributed by atoms with E-state index < -0.39 is 0 Å². The number of halogens is 1. The molecule has 1 aromatic heterocycles. The van der Waals surface area contributed by atoms with Crippen molar-refractivity contribution in [2.24, 2.45) is 10.7 Å². The third kappa shape index (κ3) is 3.16. The molecule has 98 valence electrons. The van der Waals surface area contributed by atoms with Crippen molar-refractivity contribution in [3.63, 3.8) is 0 Å². The predicted molar refractivity (Wildman–Crippen MR) is 87.7 cm³/mol. The number of hydrogen-bond acceptors (Lipinski definition) is 1. The van der Waals surface area contributed by atoms with Gasteiger partial charge in [-0.2, -0.15) is 0 Å². The molecule has 1 heterocycles. The van der Waals surface area contributed by atoms with Crippen LogP contribution in [0.15, 0.2) is 29.4 Å². The Morgan fingerprint density at radius 1 is 1.44 bits per heavy atom. The van der Waals surface area contributed by atoms with Gasteiger partial charge in [-0.15, -0.1) is 24.0 Å². The van der Waals surface area contributed by atoms with E-state index in [1.807, 2.05) is 0 Å². The van der Waals surface area contributed by atoms with Gasteiger partial charge in [0.25, 0.3) is 0 Å². The van der Waals surface area contributed by atoms with Crippen LogP contribution in [-0.4, -0.2) is 24.5 Å². The molecule has 0 bridgehead atoms. The number of nitrogens with two attached hydrogens (primary N) is 1. The first-order valence-corrected chi connectivity index (χ1v) is 5.74. The SMILES string of the molecule is CN=C(N)NCCc1c[nH]c2cccc(C)c12.I. The number of aryl methyl sites for hydroxylation is 1. The van der Waals surface area contributed by atoms with Gasteiger partial charge in [-0.25, -0.2) is 0 Å². The summed E-state index contributed by atoms with van der Waals surface area (Å²) in [5.74, 6) is 0.488. The van der Waals surface area contributed by atoms with E-state index in [0.717, 1.165) is 13.0 Å². The predicted octanol–water partition coefficient (Wildman–Crippen LogP) is 2.17. The van der Waals surface area contributed by atoms with Crippen molar-refractivity contribution in [1.29, 1.82) is 0 Å². The summed E-state index contributed by atoms with van der Waals surface area (Å²) >= 11 is 0. The first-order valence-electron chi connectivity index (χ1n) is 5.74. The quantitative estimate of drug-likeness (QED) is 0.447. The average molecular weight is 358 g/mol. The maximum Gasteiger partial charge on any atom is 0.188 e. The fourth-order valence-electron chi connectivity index (χ4n) is 2.05. The molecular formula is C13H19IN4. The maximum atomic E-state index is 5.59. The number of benzene rings is 1. The fraction of sp³-hybridized carbons (Fsp3) is 0.308. The number of nitrogens with zero attached hydrogens (tertiary/aromatic N) is 1. The molecule has 18 heavy (non-hydrogen) atoms. The highest BCUT2D eigenvalue weighted by molar-refractivity contribution is 14.0. The molecule has 0 atom stereocenters. The van der Waals surface area contributed by atoms with E-state index in [9.17, 15) is 0 Å². The smallest absolute Gasteiger partial charge is 0.188 e. The van der Waals surface area contributed by atoms with Crippen LogP contribution >= 0.6 is 24.0 Å². The largest absolute Gasteiger partial charge is 0.370 e. The standard InChI is InChI=1S/C13H18N4.HI/c1-9-4-3-5-11-12(9)10(8-17-11)6-7-16-13(14)15-2;/h3-5,8,17H,6-7H2,1-2H3,(H3,14,15,16);1H. The van der Waals surface area contributed by atoms with Crippen LogP contribution < -0.4 is 11.1 Å². The van der Waals surface area contributed by atoms with Crippen molar-refractivity contribution >= 4 is 40.8 Å². The lowest BCUT2D eigenvalue weighted by molar-refractivity contribution is 0.860. The van der Waals surface area contributed by atoms with Crippen molar-refractivity contribution in [3.05, 3.63) is 35.5 Å². The van der Waals surface area contributed by atoms with Crippen LogP contribution in [-0.2, 0) is 6.42 Å². The number of rotatable bonds is 3. The number of guanidine groups is 1. The van der Waals surface area contributed by atoms with Gasteiger partial charge in [0, 0.05) is 30.7 Å². The van der Waals surface area contributed by atoms with Crippen LogP contribution in [0.3, 0.4) is 0 Å². The molecule has 0 aliphatic carbocycles. The summed E-state index contributed by atoms with van der Waals surface area (Å²) in [7, 11) is 1.68. The number of hydrogen-bond donors (Lipinski definition) is 3. The summed E-state index contributed by atoms with van der Waals surface area (Å²) in [5, 5.41) is 4.39. The van der Waals surface area contributed by atoms with E-state index in [2.05, 4.69) is 46.6 Å². The highest BCUT2D eigenvalue weighted by Gasteiger charge is 2.05. The summed E-state index contributed by atoms with van der Waals surface area (Å²) in [6.07, 6.45) is 3.00. The minimum Gasteiger partial charge on any atom is -0.370 e. The first kappa shape index (κ1) is 14.8. The van der Waals surface area contributed by atoms with Crippen molar-refractivity contribution < 1.29 is 0 Å². The summed E-state index contributed by atoms with van der Waals surface area (Å²) in [4.78, 5) is 7.15. The molecule has 4 nitrogen and oxygen atoms in total. The molecule has 0 unspecified atom stereocenters. The molecule has 2 rings (SSSR count). The second-order valence-electron chi connectivity index (χ2n) is 4.10. The number of nitrogens with one attached hydrogen (secondary N) is 2. The summed E-state index contributed by atoms with van der Waals surface area (Å²) < 4.78 is 0. The van der Waals surface area contributed by atoms with E-state index >= 15 is 0 Å². The zero-order valence-corrected chi connectivity index (χ0v) is 13.0. The summed E-state index contributed by atoms with van der Waals surface area (Å²) in [5.41, 5.74) is 9.39. The van der Waals surface area contributed by atoms with Crippen LogP contribution in [0.5, 0.6) is 0 Å². The van der Waals surface area contributed by atoms with Crippen LogP contribution in [0.4, 0.5) is 0 Å². The van der Waals surface area contributed by atoms with Gasteiger partial charge in [-0.05, 0) is 30.5 Å². The Balaban J connectivity index is 0.00000162. The summed E-state index contributed by atoms with van der Waals surface area (Å²) in [6.45, 7) is 2.93. The Morgan fingerprint density at radius 3 is 2.94 bits per heavy atom. The van der Waals surface area contributed by atoms with E-state index in [4.69, 9.17) is 5.73 Å². The third-order valence-corrected chi connectivity index (χ3v) is 2.94. The van der Waals surface area contributed by atoms with Gasteiger partial charge < -0.3 is 16.0 Å². The molecule has 1 aromatic carbocycles. The molecule has 2 aromatic rings. The zero-order chi connectivity index (χ0) is 12.3. The molecule has 0 amide bonds. The number of aliphatic imine (C=N–C) groups is 1. The van der Waals surface area contributed by atoms with Gasteiger partial charge in [0.2, 0.25) is 0 Å². The van der Waals surface area contributed by atoms with Crippen LogP contribution in [0.2, 0.25) is 0 Å². The fourth-order valence-corrected chi connectivity index (χ4v) is 2.05. The van der Waals surface area contributed by atoms with E-state index in [-0.39, 0.29) is 24.0 Å². The van der Waals surface area contributed by atoms with Gasteiger partial charge in [0.05, 0.1) is 0 Å². The molecule has 0 saturated heterocycles. The number of aromatic nitrogens is 1. The molecule has 0 radical (unpaired) electrons. The number of aromatic amines is 1. The highest BCUT2D eigenvalue weighted by Crippen LogP contribution is 2.22. The van der Waals surface area contributed by atoms with E-state index in [0.29, 0.717) is 5.96 Å². The monoisotopic (exact) mass is 358 g/mol. The lowest BCUT2D eigenvalue weighted by atomic mass is 10.1. The molecule has 0 fully saturated rings. The average Bonchev–Trinajstić information content (AvgIpc) is 2.74. The van der Waals surface area contributed by atoms with Crippen molar-refractivity contribution in [3.8, 4) is 0 Å². The van der Waals surface area contributed by atoms with Crippen LogP contribution in [0.25, 0.3) is 10.9 Å². The topological polar surface area (TPSA) is 66.2 Å². The maximum absolute atomic E-state index is 5.59. The van der Waals surface area contributed by atoms with Crippen molar-refractivity contribution in [2.45, 2.75) is 13.3 Å². The number of H-pyrrole nitrogens is 1. The summed E-state index contributed by atoms with van der Waals surface area (Å²) in [6, 6.07) is 6.30. The molecule has 0 aliphatic heterocycles. The Labute approximate surface area is 124 Å². The lowest BCUT2D eigenvalue weighted by Gasteiger charge is -2.05. The minimum atomic E-state index is 0. The van der Waals surface area contributed by atoms with Gasteiger partial charge in [0.15, 0.2) is 5.96 Å². The molecule has 5 heteroatoms. The Morgan fingerprint density at radius 2 is 2.22 bits per heavy atom. The highest BCUT2D eigenvalue weighted by atomic mass is 127. The van der Waals surface area contributed by atoms with E-state index in [1.54, 1.807) is 7.05 Å². The molecular weight excluding hydrogens is 339 g/mol. The second kappa shape index (κ2) is 6.63. The van der Waals surface area contributed by atoms with Gasteiger partial charge in [0.1, 0.15) is 0 Å². The lowest BCUT2D eigenvalue weighted by Crippen LogP contribution is -2.32. The molecule has 4 N–H and O–H groups in total. The van der Waals surface area contributed by atoms with E-state index in [1.165, 1.54) is 22.0 Å². The van der Waals surface area contributed by atoms with Gasteiger partial charge >= 0.3 is 0 Å². The second-order valence-corrected chi connectivity index (χ2v) is 4.10. The van der Waals surface area contributed by atoms with Gasteiger partial charge in [-0.3, -0.25) is 4.99 Å². The van der Waals surface area contributed by atoms with Crippen LogP contribution in [0, 0.1) is 6.92 Å². The molecule has 0 spiro atoms. The Bertz CT molecular complexity index is 545. The first-order chi connectivity index (χ1) is 8.22. The van der Waals surface area contributed by atoms with Crippen LogP contribution in [0.1, 0.15) is 11.1 Å². The van der Waals surface area contributed by atoms with Crippen molar-refractivity contribution in [2.75, 3.05) is 13.6 Å². The van der Waals surface area contributed by atoms with Gasteiger partial charge in [-0.1, -0.05) is 12.1 Å². The number of fused-ring (bicyclic) bond motifs is 1. The third-order valence-electron chi connectivity index (χ3n) is 2.94. The Hall–Kier alpha value is -1.24. The van der Waals surface area contributed by atoms with Crippen molar-refractivity contribution in [1.82, 2.24) is 10.3 Å². The zero-order valence-electron chi connectivity index (χ0n) is 10.7. The minimum absolute atomic E-state index is 0. The molecule has 0 aliphatic rings. The Kier molecular flexibility index (Phi) is 5.46. The molecule has 0 saturated carbocycles. The normalized spacial score (nSPS) is 11.3.